The molecular weight excluding hydrogens is 256 g/mol. The van der Waals surface area contributed by atoms with E-state index < -0.39 is 5.60 Å². The fourth-order valence-corrected chi connectivity index (χ4v) is 4.19. The summed E-state index contributed by atoms with van der Waals surface area (Å²) in [7, 11) is 0. The normalized spacial score (nSPS) is 45.9. The Labute approximate surface area is 121 Å². The zero-order chi connectivity index (χ0) is 14.1. The van der Waals surface area contributed by atoms with Gasteiger partial charge in [-0.1, -0.05) is 13.3 Å². The van der Waals surface area contributed by atoms with Gasteiger partial charge in [0.1, 0.15) is 0 Å². The predicted molar refractivity (Wildman–Crippen MR) is 75.7 cm³/mol. The molecule has 1 N–H and O–H groups in total. The van der Waals surface area contributed by atoms with Gasteiger partial charge in [0.2, 0.25) is 0 Å². The minimum atomic E-state index is -0.558. The van der Waals surface area contributed by atoms with Gasteiger partial charge in [0.05, 0.1) is 23.9 Å². The van der Waals surface area contributed by atoms with E-state index in [-0.39, 0.29) is 11.7 Å². The van der Waals surface area contributed by atoms with Gasteiger partial charge in [0, 0.05) is 32.7 Å². The van der Waals surface area contributed by atoms with E-state index in [0.717, 1.165) is 58.2 Å². The number of aliphatic hydroxyl groups is 1. The lowest BCUT2D eigenvalue weighted by atomic mass is 9.70. The van der Waals surface area contributed by atoms with Crippen molar-refractivity contribution in [2.45, 2.75) is 69.2 Å². The van der Waals surface area contributed by atoms with Crippen LogP contribution in [0.25, 0.3) is 0 Å². The average Bonchev–Trinajstić information content (AvgIpc) is 2.87. The molecule has 0 bridgehead atoms. The first-order valence-electron chi connectivity index (χ1n) is 8.21. The second-order valence-corrected chi connectivity index (χ2v) is 6.86. The predicted octanol–water partition coefficient (Wildman–Crippen LogP) is 2.28. The summed E-state index contributed by atoms with van der Waals surface area (Å²) in [5.74, 6) is 0.334. The lowest BCUT2D eigenvalue weighted by Gasteiger charge is -2.47. The fraction of sp³-hybridized carbons (Fsp3) is 1.00. The van der Waals surface area contributed by atoms with Gasteiger partial charge in [0.15, 0.2) is 0 Å². The van der Waals surface area contributed by atoms with Crippen molar-refractivity contribution in [1.82, 2.24) is 0 Å². The molecule has 1 spiro atoms. The molecule has 3 heterocycles. The average molecular weight is 284 g/mol. The highest BCUT2D eigenvalue weighted by atomic mass is 16.6. The van der Waals surface area contributed by atoms with Gasteiger partial charge >= 0.3 is 0 Å². The summed E-state index contributed by atoms with van der Waals surface area (Å²) in [5, 5.41) is 11.2. The van der Waals surface area contributed by atoms with Crippen LogP contribution in [0.5, 0.6) is 0 Å². The van der Waals surface area contributed by atoms with E-state index in [4.69, 9.17) is 14.2 Å². The molecule has 0 aliphatic carbocycles. The minimum absolute atomic E-state index is 0.114. The molecule has 4 atom stereocenters. The zero-order valence-electron chi connectivity index (χ0n) is 12.6. The number of ether oxygens (including phenoxy) is 3. The van der Waals surface area contributed by atoms with E-state index in [2.05, 4.69) is 6.92 Å². The monoisotopic (exact) mass is 284 g/mol. The van der Waals surface area contributed by atoms with Gasteiger partial charge in [-0.15, -0.1) is 0 Å². The third-order valence-electron chi connectivity index (χ3n) is 5.40. The van der Waals surface area contributed by atoms with Crippen LogP contribution < -0.4 is 0 Å². The van der Waals surface area contributed by atoms with Crippen molar-refractivity contribution < 1.29 is 19.3 Å². The Balaban J connectivity index is 1.67. The fourth-order valence-electron chi connectivity index (χ4n) is 4.19. The smallest absolute Gasteiger partial charge is 0.0940 e. The minimum Gasteiger partial charge on any atom is -0.389 e. The third-order valence-corrected chi connectivity index (χ3v) is 5.40. The largest absolute Gasteiger partial charge is 0.389 e. The molecule has 116 valence electrons. The summed E-state index contributed by atoms with van der Waals surface area (Å²) < 4.78 is 17.3. The maximum atomic E-state index is 11.2. The van der Waals surface area contributed by atoms with E-state index in [1.165, 1.54) is 0 Å². The molecule has 3 rings (SSSR count). The number of rotatable bonds is 3. The first-order chi connectivity index (χ1) is 9.66. The number of hydrogen-bond acceptors (Lipinski definition) is 4. The Morgan fingerprint density at radius 1 is 1.15 bits per heavy atom. The van der Waals surface area contributed by atoms with Crippen molar-refractivity contribution in [2.24, 2.45) is 5.92 Å². The highest BCUT2D eigenvalue weighted by molar-refractivity contribution is 4.99. The maximum Gasteiger partial charge on any atom is 0.0940 e. The van der Waals surface area contributed by atoms with Gasteiger partial charge in [-0.05, 0) is 31.6 Å². The van der Waals surface area contributed by atoms with Gasteiger partial charge in [-0.2, -0.15) is 0 Å². The van der Waals surface area contributed by atoms with E-state index >= 15 is 0 Å². The molecule has 3 aliphatic rings. The quantitative estimate of drug-likeness (QED) is 0.864. The molecule has 4 heteroatoms. The molecule has 0 amide bonds. The first kappa shape index (κ1) is 14.8. The van der Waals surface area contributed by atoms with Crippen molar-refractivity contribution in [3.05, 3.63) is 0 Å². The van der Waals surface area contributed by atoms with Crippen LogP contribution in [0.2, 0.25) is 0 Å². The Morgan fingerprint density at radius 3 is 2.80 bits per heavy atom. The standard InChI is InChI=1S/C16H28O4/c1-2-3-14-11-16(17,6-9-19-14)13-4-7-20-15(10-13)5-8-18-12-15/h13-14,17H,2-12H2,1H3. The number of hydrogen-bond donors (Lipinski definition) is 1. The van der Waals surface area contributed by atoms with Crippen LogP contribution in [-0.2, 0) is 14.2 Å². The van der Waals surface area contributed by atoms with Crippen LogP contribution in [0, 0.1) is 5.92 Å². The Hall–Kier alpha value is -0.160. The summed E-state index contributed by atoms with van der Waals surface area (Å²) in [6.45, 7) is 5.13. The van der Waals surface area contributed by atoms with E-state index in [1.807, 2.05) is 0 Å². The van der Waals surface area contributed by atoms with Crippen molar-refractivity contribution >= 4 is 0 Å². The summed E-state index contributed by atoms with van der Waals surface area (Å²) in [6, 6.07) is 0. The summed E-state index contributed by atoms with van der Waals surface area (Å²) in [6.07, 6.45) is 6.87. The highest BCUT2D eigenvalue weighted by Gasteiger charge is 2.49. The molecule has 0 saturated carbocycles. The van der Waals surface area contributed by atoms with Gasteiger partial charge < -0.3 is 19.3 Å². The Bertz CT molecular complexity index is 324. The SMILES string of the molecule is CCCC1CC(O)(C2CCOC3(CCOC3)C2)CCO1. The molecule has 20 heavy (non-hydrogen) atoms. The second kappa shape index (κ2) is 5.91. The molecule has 0 aromatic carbocycles. The summed E-state index contributed by atoms with van der Waals surface area (Å²) in [5.41, 5.74) is -0.672. The van der Waals surface area contributed by atoms with Crippen molar-refractivity contribution in [3.63, 3.8) is 0 Å². The highest BCUT2D eigenvalue weighted by Crippen LogP contribution is 2.44. The van der Waals surface area contributed by atoms with Gasteiger partial charge in [0.25, 0.3) is 0 Å². The van der Waals surface area contributed by atoms with Crippen molar-refractivity contribution in [2.75, 3.05) is 26.4 Å². The topological polar surface area (TPSA) is 47.9 Å². The first-order valence-corrected chi connectivity index (χ1v) is 8.21. The van der Waals surface area contributed by atoms with E-state index in [1.54, 1.807) is 0 Å². The van der Waals surface area contributed by atoms with Crippen LogP contribution in [0.3, 0.4) is 0 Å². The molecule has 0 aromatic rings. The van der Waals surface area contributed by atoms with Crippen molar-refractivity contribution in [1.29, 1.82) is 0 Å². The lowest BCUT2D eigenvalue weighted by Crippen LogP contribution is -2.52. The molecule has 3 aliphatic heterocycles. The van der Waals surface area contributed by atoms with Crippen LogP contribution in [0.1, 0.15) is 51.9 Å². The van der Waals surface area contributed by atoms with E-state index in [9.17, 15) is 5.11 Å². The van der Waals surface area contributed by atoms with Crippen molar-refractivity contribution in [3.8, 4) is 0 Å². The van der Waals surface area contributed by atoms with E-state index in [0.29, 0.717) is 19.1 Å². The molecule has 4 unspecified atom stereocenters. The molecular formula is C16H28O4. The second-order valence-electron chi connectivity index (χ2n) is 6.86. The molecule has 0 aromatic heterocycles. The van der Waals surface area contributed by atoms with Gasteiger partial charge in [-0.3, -0.25) is 0 Å². The van der Waals surface area contributed by atoms with Gasteiger partial charge in [-0.25, -0.2) is 0 Å². The van der Waals surface area contributed by atoms with Crippen LogP contribution in [0.4, 0.5) is 0 Å². The van der Waals surface area contributed by atoms with Crippen LogP contribution in [-0.4, -0.2) is 48.8 Å². The third kappa shape index (κ3) is 2.89. The molecule has 3 fully saturated rings. The van der Waals surface area contributed by atoms with Crippen LogP contribution in [0.15, 0.2) is 0 Å². The molecule has 0 radical (unpaired) electrons. The molecule has 4 nitrogen and oxygen atoms in total. The van der Waals surface area contributed by atoms with Crippen LogP contribution >= 0.6 is 0 Å². The molecule has 3 saturated heterocycles. The Morgan fingerprint density at radius 2 is 2.05 bits per heavy atom. The summed E-state index contributed by atoms with van der Waals surface area (Å²) in [4.78, 5) is 0. The maximum absolute atomic E-state index is 11.2. The Kier molecular flexibility index (Phi) is 4.37. The zero-order valence-corrected chi connectivity index (χ0v) is 12.6. The lowest BCUT2D eigenvalue weighted by molar-refractivity contribution is -0.179. The summed E-state index contributed by atoms with van der Waals surface area (Å²) >= 11 is 0.